The molecular weight excluding hydrogens is 427 g/mol. The highest BCUT2D eigenvalue weighted by Gasteiger charge is 2.51. The molecule has 1 aromatic carbocycles. The topological polar surface area (TPSA) is 165 Å². The number of nitrogens with zero attached hydrogens (tertiary/aromatic N) is 1. The molecule has 1 fully saturated rings. The van der Waals surface area contributed by atoms with E-state index >= 15 is 0 Å². The van der Waals surface area contributed by atoms with Gasteiger partial charge in [-0.2, -0.15) is 0 Å². The summed E-state index contributed by atoms with van der Waals surface area (Å²) in [6, 6.07) is 5.23. The van der Waals surface area contributed by atoms with Gasteiger partial charge in [-0.05, 0) is 24.3 Å². The second-order valence-corrected chi connectivity index (χ2v) is 8.46. The predicted octanol–water partition coefficient (Wildman–Crippen LogP) is -1.15. The van der Waals surface area contributed by atoms with Crippen molar-refractivity contribution in [1.29, 1.82) is 0 Å². The van der Waals surface area contributed by atoms with Crippen molar-refractivity contribution < 1.29 is 37.3 Å². The molecule has 1 aromatic heterocycles. The van der Waals surface area contributed by atoms with Crippen LogP contribution in [0.5, 0.6) is 5.75 Å². The number of ether oxygens (including phenoxy) is 2. The van der Waals surface area contributed by atoms with Crippen LogP contribution < -0.4 is 16.0 Å². The molecule has 2 aromatic rings. The van der Waals surface area contributed by atoms with E-state index in [0.29, 0.717) is 4.57 Å². The fraction of sp³-hybridized carbons (Fsp3) is 0.353. The maximum atomic E-state index is 14.9. The Balaban J connectivity index is 1.86. The monoisotopic (exact) mass is 444 g/mol. The van der Waals surface area contributed by atoms with Crippen LogP contribution >= 0.6 is 0 Å². The van der Waals surface area contributed by atoms with Gasteiger partial charge in [-0.25, -0.2) is 17.6 Å². The number of sulfone groups is 1. The lowest BCUT2D eigenvalue weighted by Gasteiger charge is -2.19. The molecule has 5 atom stereocenters. The molecule has 1 aliphatic heterocycles. The van der Waals surface area contributed by atoms with Gasteiger partial charge in [0.2, 0.25) is 15.3 Å². The molecule has 3 rings (SSSR count). The van der Waals surface area contributed by atoms with Crippen molar-refractivity contribution in [2.45, 2.75) is 41.9 Å². The fourth-order valence-electron chi connectivity index (χ4n) is 2.93. The number of aliphatic hydroxyl groups is 2. The number of benzene rings is 1. The Morgan fingerprint density at radius 1 is 1.20 bits per heavy atom. The average molecular weight is 444 g/mol. The molecule has 1 unspecified atom stereocenters. The van der Waals surface area contributed by atoms with Crippen molar-refractivity contribution in [2.24, 2.45) is 0 Å². The number of aromatic amines is 1. The number of esters is 1. The van der Waals surface area contributed by atoms with E-state index in [0.717, 1.165) is 43.5 Å². The van der Waals surface area contributed by atoms with E-state index < -0.39 is 62.0 Å². The summed E-state index contributed by atoms with van der Waals surface area (Å²) in [7, 11) is -4.69. The third-order valence-electron chi connectivity index (χ3n) is 4.37. The maximum absolute atomic E-state index is 14.9. The van der Waals surface area contributed by atoms with Crippen molar-refractivity contribution in [3.05, 3.63) is 57.4 Å². The molecule has 11 nitrogen and oxygen atoms in total. The Morgan fingerprint density at radius 3 is 2.40 bits per heavy atom. The van der Waals surface area contributed by atoms with Gasteiger partial charge < -0.3 is 19.7 Å². The zero-order valence-corrected chi connectivity index (χ0v) is 16.2. The molecule has 0 amide bonds. The van der Waals surface area contributed by atoms with E-state index in [1.807, 2.05) is 4.98 Å². The summed E-state index contributed by atoms with van der Waals surface area (Å²) < 4.78 is 50.7. The lowest BCUT2D eigenvalue weighted by Crippen LogP contribution is -2.40. The first-order valence-corrected chi connectivity index (χ1v) is 10.1. The van der Waals surface area contributed by atoms with Crippen molar-refractivity contribution >= 4 is 15.8 Å². The minimum Gasteiger partial charge on any atom is -0.427 e. The first kappa shape index (κ1) is 21.8. The van der Waals surface area contributed by atoms with Crippen molar-refractivity contribution in [3.8, 4) is 5.75 Å². The van der Waals surface area contributed by atoms with E-state index in [4.69, 9.17) is 9.47 Å². The van der Waals surface area contributed by atoms with Gasteiger partial charge in [-0.3, -0.25) is 19.1 Å². The summed E-state index contributed by atoms with van der Waals surface area (Å²) in [5, 5.41) is 20.3. The summed E-state index contributed by atoms with van der Waals surface area (Å²) in [5.74, 6) is -0.587. The normalized spacial score (nSPS) is 25.1. The zero-order valence-electron chi connectivity index (χ0n) is 15.3. The van der Waals surface area contributed by atoms with Crippen LogP contribution in [0.4, 0.5) is 4.39 Å². The highest BCUT2D eigenvalue weighted by atomic mass is 32.2. The molecular formula is C17H17FN2O9S. The number of aliphatic hydroxyl groups excluding tert-OH is 2. The molecule has 30 heavy (non-hydrogen) atoms. The second kappa shape index (κ2) is 8.10. The number of aromatic nitrogens is 2. The van der Waals surface area contributed by atoms with Gasteiger partial charge in [0.15, 0.2) is 6.23 Å². The number of halogens is 1. The van der Waals surface area contributed by atoms with E-state index in [2.05, 4.69) is 0 Å². The Kier molecular flexibility index (Phi) is 5.90. The number of rotatable bonds is 5. The Hall–Kier alpha value is -2.87. The van der Waals surface area contributed by atoms with Gasteiger partial charge in [0.1, 0.15) is 24.1 Å². The van der Waals surface area contributed by atoms with E-state index in [-0.39, 0.29) is 5.75 Å². The quantitative estimate of drug-likeness (QED) is 0.381. The van der Waals surface area contributed by atoms with Crippen LogP contribution in [0, 0.1) is 0 Å². The summed E-state index contributed by atoms with van der Waals surface area (Å²) in [6.45, 7) is 1.15. The minimum absolute atomic E-state index is 0.0435. The van der Waals surface area contributed by atoms with Gasteiger partial charge in [0.05, 0.1) is 4.90 Å². The highest BCUT2D eigenvalue weighted by Crippen LogP contribution is 2.34. The smallest absolute Gasteiger partial charge is 0.330 e. The number of alkyl halides is 1. The van der Waals surface area contributed by atoms with Crippen molar-refractivity contribution in [3.63, 3.8) is 0 Å². The third-order valence-corrected chi connectivity index (χ3v) is 6.16. The van der Waals surface area contributed by atoms with Gasteiger partial charge in [-0.15, -0.1) is 0 Å². The number of H-pyrrole nitrogens is 1. The number of hydrogen-bond acceptors (Lipinski definition) is 9. The molecule has 13 heteroatoms. The lowest BCUT2D eigenvalue weighted by atomic mass is 10.1. The highest BCUT2D eigenvalue weighted by molar-refractivity contribution is 7.92. The van der Waals surface area contributed by atoms with Crippen LogP contribution in [0.3, 0.4) is 0 Å². The van der Waals surface area contributed by atoms with Gasteiger partial charge in [0, 0.05) is 19.2 Å². The summed E-state index contributed by atoms with van der Waals surface area (Å²) >= 11 is 0. The van der Waals surface area contributed by atoms with Crippen LogP contribution in [0.2, 0.25) is 0 Å². The molecule has 0 saturated carbocycles. The second-order valence-electron chi connectivity index (χ2n) is 6.45. The van der Waals surface area contributed by atoms with E-state index in [1.165, 1.54) is 0 Å². The van der Waals surface area contributed by atoms with Gasteiger partial charge >= 0.3 is 11.7 Å². The number of carbonyl (C=O) groups is 1. The fourth-order valence-corrected chi connectivity index (χ4v) is 4.28. The molecule has 0 spiro atoms. The molecule has 0 bridgehead atoms. The van der Waals surface area contributed by atoms with Crippen LogP contribution in [0.25, 0.3) is 0 Å². The number of nitrogens with one attached hydrogen (secondary N) is 1. The Bertz CT molecular complexity index is 1160. The first-order chi connectivity index (χ1) is 14.0. The van der Waals surface area contributed by atoms with Gasteiger partial charge in [0.25, 0.3) is 5.56 Å². The van der Waals surface area contributed by atoms with E-state index in [1.54, 1.807) is 0 Å². The molecule has 162 valence electrons. The van der Waals surface area contributed by atoms with Crippen LogP contribution in [0.15, 0.2) is 51.0 Å². The largest absolute Gasteiger partial charge is 0.427 e. The lowest BCUT2D eigenvalue weighted by molar-refractivity contribution is -0.131. The summed E-state index contributed by atoms with van der Waals surface area (Å²) in [6.07, 6.45) is -6.53. The Morgan fingerprint density at radius 2 is 1.83 bits per heavy atom. The standard InChI is InChI=1S/C17H17FN2O9S/c1-8(21)28-9-2-4-10(5-3-9)30(26,27)15(18)14-12(23)13(24)16(29-14)20-7-6-11(22)19-17(20)25/h2-7,12-16,23-24H,1H3,(H,19,22,25)/t12-,13+,14-,15?,16+/m0/s1. The molecule has 2 heterocycles. The van der Waals surface area contributed by atoms with Crippen LogP contribution in [-0.2, 0) is 19.4 Å². The third kappa shape index (κ3) is 4.05. The number of carbonyl (C=O) groups excluding carboxylic acids is 1. The molecule has 1 saturated heterocycles. The van der Waals surface area contributed by atoms with Crippen molar-refractivity contribution in [2.75, 3.05) is 0 Å². The predicted molar refractivity (Wildman–Crippen MR) is 97.1 cm³/mol. The first-order valence-electron chi connectivity index (χ1n) is 8.52. The molecule has 1 aliphatic rings. The minimum atomic E-state index is -4.69. The number of hydrogen-bond donors (Lipinski definition) is 3. The zero-order chi connectivity index (χ0) is 22.2. The average Bonchev–Trinajstić information content (AvgIpc) is 2.96. The van der Waals surface area contributed by atoms with E-state index in [9.17, 15) is 37.4 Å². The SMILES string of the molecule is CC(=O)Oc1ccc(S(=O)(=O)C(F)[C@H]2O[C@@H](n3ccc(=O)[nH]c3=O)[C@H](O)[C@@H]2O)cc1. The molecule has 0 aliphatic carbocycles. The van der Waals surface area contributed by atoms with Gasteiger partial charge in [-0.1, -0.05) is 0 Å². The van der Waals surface area contributed by atoms with Crippen LogP contribution in [0.1, 0.15) is 13.2 Å². The summed E-state index contributed by atoms with van der Waals surface area (Å²) in [4.78, 5) is 35.4. The molecule has 3 N–H and O–H groups in total. The van der Waals surface area contributed by atoms with Crippen molar-refractivity contribution in [1.82, 2.24) is 9.55 Å². The molecule has 0 radical (unpaired) electrons. The Labute approximate surface area is 168 Å². The summed E-state index contributed by atoms with van der Waals surface area (Å²) in [5.41, 5.74) is -4.53. The maximum Gasteiger partial charge on any atom is 0.330 e. The van der Waals surface area contributed by atoms with Crippen LogP contribution in [-0.4, -0.2) is 58.0 Å².